The Morgan fingerprint density at radius 1 is 1.24 bits per heavy atom. The molecule has 0 saturated carbocycles. The number of halogens is 2. The van der Waals surface area contributed by atoms with Gasteiger partial charge in [-0.2, -0.15) is 0 Å². The first-order valence-corrected chi connectivity index (χ1v) is 8.58. The van der Waals surface area contributed by atoms with Crippen molar-refractivity contribution in [1.82, 2.24) is 25.0 Å². The average Bonchev–Trinajstić information content (AvgIpc) is 3.23. The van der Waals surface area contributed by atoms with Gasteiger partial charge < -0.3 is 9.64 Å². The van der Waals surface area contributed by atoms with Crippen molar-refractivity contribution >= 4 is 17.0 Å². The summed E-state index contributed by atoms with van der Waals surface area (Å²) in [6, 6.07) is 0.0700. The van der Waals surface area contributed by atoms with Crippen LogP contribution in [-0.2, 0) is 10.2 Å². The van der Waals surface area contributed by atoms with Gasteiger partial charge in [0.2, 0.25) is 0 Å². The van der Waals surface area contributed by atoms with Crippen molar-refractivity contribution in [2.24, 2.45) is 0 Å². The van der Waals surface area contributed by atoms with E-state index in [0.717, 1.165) is 6.42 Å². The SMILES string of the molecule is CC(C)(C)c1nc(N2CCC(F)(F)C2)c2nnn(C3CCOC3)c2n1. The van der Waals surface area contributed by atoms with Gasteiger partial charge in [-0.05, 0) is 6.42 Å². The van der Waals surface area contributed by atoms with E-state index in [9.17, 15) is 8.78 Å². The normalized spacial score (nSPS) is 23.7. The van der Waals surface area contributed by atoms with Crippen molar-refractivity contribution in [3.8, 4) is 0 Å². The molecule has 2 aromatic rings. The maximum absolute atomic E-state index is 13.7. The summed E-state index contributed by atoms with van der Waals surface area (Å²) in [4.78, 5) is 10.9. The van der Waals surface area contributed by atoms with Crippen molar-refractivity contribution in [1.29, 1.82) is 0 Å². The predicted molar refractivity (Wildman–Crippen MR) is 88.1 cm³/mol. The molecule has 0 amide bonds. The third-order valence-corrected chi connectivity index (χ3v) is 4.70. The molecule has 2 saturated heterocycles. The third-order valence-electron chi connectivity index (χ3n) is 4.70. The Morgan fingerprint density at radius 2 is 2.04 bits per heavy atom. The first-order chi connectivity index (χ1) is 11.7. The lowest BCUT2D eigenvalue weighted by Gasteiger charge is -2.22. The molecule has 0 spiro atoms. The summed E-state index contributed by atoms with van der Waals surface area (Å²) in [5.41, 5.74) is 0.769. The van der Waals surface area contributed by atoms with Crippen LogP contribution in [0.3, 0.4) is 0 Å². The van der Waals surface area contributed by atoms with Crippen LogP contribution in [0.1, 0.15) is 45.5 Å². The van der Waals surface area contributed by atoms with E-state index in [0.29, 0.717) is 36.0 Å². The minimum absolute atomic E-state index is 0.0700. The zero-order valence-corrected chi connectivity index (χ0v) is 14.7. The zero-order chi connectivity index (χ0) is 17.8. The molecule has 136 valence electrons. The second-order valence-corrected chi connectivity index (χ2v) is 7.87. The molecule has 1 atom stereocenters. The Morgan fingerprint density at radius 3 is 2.64 bits per heavy atom. The number of fused-ring (bicyclic) bond motifs is 1. The molecule has 2 aliphatic heterocycles. The minimum Gasteiger partial charge on any atom is -0.379 e. The van der Waals surface area contributed by atoms with Crippen molar-refractivity contribution in [2.75, 3.05) is 31.2 Å². The molecule has 9 heteroatoms. The van der Waals surface area contributed by atoms with E-state index in [-0.39, 0.29) is 31.0 Å². The summed E-state index contributed by atoms with van der Waals surface area (Å²) in [6.45, 7) is 7.15. The van der Waals surface area contributed by atoms with Crippen LogP contribution in [0.4, 0.5) is 14.6 Å². The van der Waals surface area contributed by atoms with E-state index in [1.807, 2.05) is 20.8 Å². The van der Waals surface area contributed by atoms with Gasteiger partial charge in [0, 0.05) is 25.0 Å². The van der Waals surface area contributed by atoms with Crippen LogP contribution < -0.4 is 4.90 Å². The smallest absolute Gasteiger partial charge is 0.266 e. The summed E-state index contributed by atoms with van der Waals surface area (Å²) in [5.74, 6) is -1.64. The van der Waals surface area contributed by atoms with Crippen LogP contribution >= 0.6 is 0 Å². The van der Waals surface area contributed by atoms with Gasteiger partial charge in [-0.3, -0.25) is 0 Å². The molecule has 0 radical (unpaired) electrons. The quantitative estimate of drug-likeness (QED) is 0.826. The molecule has 4 rings (SSSR count). The van der Waals surface area contributed by atoms with Gasteiger partial charge in [0.1, 0.15) is 5.82 Å². The highest BCUT2D eigenvalue weighted by molar-refractivity contribution is 5.83. The first-order valence-electron chi connectivity index (χ1n) is 8.58. The fraction of sp³-hybridized carbons (Fsp3) is 0.750. The molecule has 2 fully saturated rings. The average molecular weight is 352 g/mol. The summed E-state index contributed by atoms with van der Waals surface area (Å²) >= 11 is 0. The Hall–Kier alpha value is -1.90. The van der Waals surface area contributed by atoms with E-state index >= 15 is 0 Å². The summed E-state index contributed by atoms with van der Waals surface area (Å²) < 4.78 is 34.6. The van der Waals surface area contributed by atoms with Crippen molar-refractivity contribution in [3.63, 3.8) is 0 Å². The maximum Gasteiger partial charge on any atom is 0.266 e. The van der Waals surface area contributed by atoms with Crippen molar-refractivity contribution < 1.29 is 13.5 Å². The highest BCUT2D eigenvalue weighted by Gasteiger charge is 2.40. The lowest BCUT2D eigenvalue weighted by Crippen LogP contribution is -2.27. The molecule has 25 heavy (non-hydrogen) atoms. The predicted octanol–water partition coefficient (Wildman–Crippen LogP) is 2.33. The molecular weight excluding hydrogens is 330 g/mol. The van der Waals surface area contributed by atoms with E-state index in [2.05, 4.69) is 20.3 Å². The third kappa shape index (κ3) is 2.94. The number of nitrogens with zero attached hydrogens (tertiary/aromatic N) is 6. The van der Waals surface area contributed by atoms with Gasteiger partial charge in [-0.1, -0.05) is 26.0 Å². The monoisotopic (exact) mass is 352 g/mol. The molecule has 2 aliphatic rings. The highest BCUT2D eigenvalue weighted by atomic mass is 19.3. The number of alkyl halides is 2. The highest BCUT2D eigenvalue weighted by Crippen LogP contribution is 2.35. The largest absolute Gasteiger partial charge is 0.379 e. The summed E-state index contributed by atoms with van der Waals surface area (Å²) in [7, 11) is 0. The van der Waals surface area contributed by atoms with Gasteiger partial charge in [0.25, 0.3) is 5.92 Å². The lowest BCUT2D eigenvalue weighted by molar-refractivity contribution is 0.0257. The molecule has 1 unspecified atom stereocenters. The van der Waals surface area contributed by atoms with Crippen LogP contribution in [0.15, 0.2) is 0 Å². The second kappa shape index (κ2) is 5.55. The Bertz CT molecular complexity index is 794. The Kier molecular flexibility index (Phi) is 3.68. The number of ether oxygens (including phenoxy) is 1. The fourth-order valence-corrected chi connectivity index (χ4v) is 3.25. The van der Waals surface area contributed by atoms with Crippen LogP contribution in [0.5, 0.6) is 0 Å². The van der Waals surface area contributed by atoms with Crippen LogP contribution in [-0.4, -0.2) is 57.2 Å². The van der Waals surface area contributed by atoms with E-state index in [1.165, 1.54) is 0 Å². The summed E-state index contributed by atoms with van der Waals surface area (Å²) in [6.07, 6.45) is 0.665. The zero-order valence-electron chi connectivity index (χ0n) is 14.7. The number of anilines is 1. The standard InChI is InChI=1S/C16H22F2N6O/c1-15(2,3)14-19-12(23-6-5-16(17,18)9-23)11-13(20-14)24(22-21-11)10-4-7-25-8-10/h10H,4-9H2,1-3H3. The molecule has 4 heterocycles. The molecule has 0 aromatic carbocycles. The first kappa shape index (κ1) is 16.6. The maximum atomic E-state index is 13.7. The molecule has 7 nitrogen and oxygen atoms in total. The summed E-state index contributed by atoms with van der Waals surface area (Å²) in [5, 5.41) is 8.46. The van der Waals surface area contributed by atoms with E-state index in [4.69, 9.17) is 4.74 Å². The van der Waals surface area contributed by atoms with Crippen LogP contribution in [0.25, 0.3) is 11.2 Å². The topological polar surface area (TPSA) is 69.0 Å². The van der Waals surface area contributed by atoms with Crippen molar-refractivity contribution in [2.45, 2.75) is 51.0 Å². The minimum atomic E-state index is -2.70. The lowest BCUT2D eigenvalue weighted by atomic mass is 9.96. The molecule has 0 aliphatic carbocycles. The Labute approximate surface area is 144 Å². The van der Waals surface area contributed by atoms with Gasteiger partial charge in [-0.15, -0.1) is 5.10 Å². The van der Waals surface area contributed by atoms with Crippen LogP contribution in [0, 0.1) is 0 Å². The number of hydrogen-bond donors (Lipinski definition) is 0. The van der Waals surface area contributed by atoms with E-state index in [1.54, 1.807) is 9.58 Å². The van der Waals surface area contributed by atoms with Gasteiger partial charge in [0.05, 0.1) is 19.2 Å². The van der Waals surface area contributed by atoms with Crippen molar-refractivity contribution in [3.05, 3.63) is 5.82 Å². The fourth-order valence-electron chi connectivity index (χ4n) is 3.25. The molecule has 2 aromatic heterocycles. The second-order valence-electron chi connectivity index (χ2n) is 7.87. The molecule has 0 N–H and O–H groups in total. The molecule has 0 bridgehead atoms. The Balaban J connectivity index is 1.86. The number of hydrogen-bond acceptors (Lipinski definition) is 6. The van der Waals surface area contributed by atoms with Gasteiger partial charge >= 0.3 is 0 Å². The van der Waals surface area contributed by atoms with Gasteiger partial charge in [-0.25, -0.2) is 23.4 Å². The molecular formula is C16H22F2N6O. The van der Waals surface area contributed by atoms with Gasteiger partial charge in [0.15, 0.2) is 17.0 Å². The number of aromatic nitrogens is 5. The number of rotatable bonds is 2. The van der Waals surface area contributed by atoms with E-state index < -0.39 is 5.92 Å². The van der Waals surface area contributed by atoms with Crippen LogP contribution in [0.2, 0.25) is 0 Å².